The largest absolute Gasteiger partial charge is 0.383 e. The first kappa shape index (κ1) is 15.3. The van der Waals surface area contributed by atoms with Gasteiger partial charge in [-0.25, -0.2) is 0 Å². The molecule has 116 valence electrons. The maximum Gasteiger partial charge on any atom is 0.162 e. The number of Topliss-reactive ketones (excluding diaryl/α,β-unsaturated/α-hetero) is 1. The summed E-state index contributed by atoms with van der Waals surface area (Å²) in [6.45, 7) is 4.24. The van der Waals surface area contributed by atoms with E-state index in [1.165, 1.54) is 16.7 Å². The van der Waals surface area contributed by atoms with Gasteiger partial charge in [0.25, 0.3) is 0 Å². The molecule has 0 spiro atoms. The van der Waals surface area contributed by atoms with Crippen molar-refractivity contribution in [3.63, 3.8) is 0 Å². The Labute approximate surface area is 132 Å². The number of likely N-dealkylation sites (N-methyl/N-ethyl adjacent to an activating group) is 1. The van der Waals surface area contributed by atoms with Crippen LogP contribution in [0, 0.1) is 0 Å². The van der Waals surface area contributed by atoms with Crippen molar-refractivity contribution in [1.29, 1.82) is 0 Å². The van der Waals surface area contributed by atoms with Crippen molar-refractivity contribution in [3.05, 3.63) is 29.5 Å². The standard InChI is InChI=1S/C17H23BN2O2/c1-11(21)16-13-10-12(18)4-5-14(13)20-7-6-15(17(16)20)19(2)8-9-22-3/h4-5,10,15H,6-9,18H2,1-3H3. The average molecular weight is 298 g/mol. The summed E-state index contributed by atoms with van der Waals surface area (Å²) in [7, 11) is 5.92. The Morgan fingerprint density at radius 1 is 1.50 bits per heavy atom. The maximum atomic E-state index is 12.3. The Balaban J connectivity index is 2.13. The highest BCUT2D eigenvalue weighted by molar-refractivity contribution is 6.33. The third-order valence-corrected chi connectivity index (χ3v) is 4.73. The minimum absolute atomic E-state index is 0.163. The van der Waals surface area contributed by atoms with Crippen molar-refractivity contribution in [1.82, 2.24) is 9.47 Å². The van der Waals surface area contributed by atoms with E-state index < -0.39 is 0 Å². The number of hydrogen-bond acceptors (Lipinski definition) is 3. The molecular weight excluding hydrogens is 275 g/mol. The molecule has 1 atom stereocenters. The van der Waals surface area contributed by atoms with Gasteiger partial charge in [-0.05, 0) is 26.5 Å². The molecule has 0 bridgehead atoms. The van der Waals surface area contributed by atoms with Gasteiger partial charge >= 0.3 is 0 Å². The molecule has 0 saturated heterocycles. The predicted molar refractivity (Wildman–Crippen MR) is 92.0 cm³/mol. The zero-order valence-corrected chi connectivity index (χ0v) is 13.8. The summed E-state index contributed by atoms with van der Waals surface area (Å²) in [5.74, 6) is 0.163. The third-order valence-electron chi connectivity index (χ3n) is 4.73. The van der Waals surface area contributed by atoms with Crippen molar-refractivity contribution >= 4 is 30.0 Å². The van der Waals surface area contributed by atoms with Crippen LogP contribution in [-0.2, 0) is 11.3 Å². The summed E-state index contributed by atoms with van der Waals surface area (Å²) < 4.78 is 7.53. The zero-order chi connectivity index (χ0) is 15.9. The molecule has 1 unspecified atom stereocenters. The fourth-order valence-electron chi connectivity index (χ4n) is 3.65. The number of aryl methyl sites for hydroxylation is 1. The number of nitrogens with zero attached hydrogens (tertiary/aromatic N) is 2. The predicted octanol–water partition coefficient (Wildman–Crippen LogP) is 1.13. The van der Waals surface area contributed by atoms with Gasteiger partial charge in [0.2, 0.25) is 0 Å². The van der Waals surface area contributed by atoms with Crippen LogP contribution in [0.15, 0.2) is 18.2 Å². The first-order valence-electron chi connectivity index (χ1n) is 7.87. The Morgan fingerprint density at radius 2 is 2.27 bits per heavy atom. The summed E-state index contributed by atoms with van der Waals surface area (Å²) in [4.78, 5) is 14.6. The number of ketones is 1. The second-order valence-corrected chi connectivity index (χ2v) is 6.27. The molecule has 22 heavy (non-hydrogen) atoms. The fourth-order valence-corrected chi connectivity index (χ4v) is 3.65. The van der Waals surface area contributed by atoms with E-state index in [1.54, 1.807) is 14.0 Å². The van der Waals surface area contributed by atoms with Crippen LogP contribution < -0.4 is 5.46 Å². The van der Waals surface area contributed by atoms with Gasteiger partial charge in [0.05, 0.1) is 12.6 Å². The molecule has 1 aromatic carbocycles. The number of fused-ring (bicyclic) bond motifs is 3. The Bertz CT molecular complexity index is 723. The summed E-state index contributed by atoms with van der Waals surface area (Å²) in [6, 6.07) is 6.71. The second-order valence-electron chi connectivity index (χ2n) is 6.27. The van der Waals surface area contributed by atoms with Crippen molar-refractivity contribution < 1.29 is 9.53 Å². The molecule has 0 amide bonds. The highest BCUT2D eigenvalue weighted by Gasteiger charge is 2.33. The van der Waals surface area contributed by atoms with Crippen LogP contribution in [0.25, 0.3) is 10.9 Å². The lowest BCUT2D eigenvalue weighted by atomic mass is 9.93. The molecule has 2 heterocycles. The van der Waals surface area contributed by atoms with Crippen molar-refractivity contribution in [3.8, 4) is 0 Å². The molecule has 0 aliphatic carbocycles. The average Bonchev–Trinajstić information content (AvgIpc) is 3.01. The molecule has 1 aromatic heterocycles. The molecule has 2 aromatic rings. The van der Waals surface area contributed by atoms with Gasteiger partial charge in [0.1, 0.15) is 7.85 Å². The van der Waals surface area contributed by atoms with Gasteiger partial charge in [-0.2, -0.15) is 0 Å². The number of benzene rings is 1. The number of carbonyl (C=O) groups is 1. The highest BCUT2D eigenvalue weighted by Crippen LogP contribution is 2.39. The van der Waals surface area contributed by atoms with Crippen LogP contribution >= 0.6 is 0 Å². The van der Waals surface area contributed by atoms with Gasteiger partial charge in [-0.3, -0.25) is 9.69 Å². The van der Waals surface area contributed by atoms with Gasteiger partial charge in [0, 0.05) is 42.4 Å². The SMILES string of the molecule is Bc1ccc2c(c1)c(C(C)=O)c1n2CCC1N(C)CCOC. The van der Waals surface area contributed by atoms with Crippen molar-refractivity contribution in [2.45, 2.75) is 25.9 Å². The van der Waals surface area contributed by atoms with E-state index >= 15 is 0 Å². The van der Waals surface area contributed by atoms with Crippen molar-refractivity contribution in [2.75, 3.05) is 27.3 Å². The smallest absolute Gasteiger partial charge is 0.162 e. The number of aromatic nitrogens is 1. The van der Waals surface area contributed by atoms with Crippen LogP contribution in [0.3, 0.4) is 0 Å². The van der Waals surface area contributed by atoms with E-state index in [4.69, 9.17) is 4.74 Å². The summed E-state index contributed by atoms with van der Waals surface area (Å²) >= 11 is 0. The molecule has 3 rings (SSSR count). The van der Waals surface area contributed by atoms with Gasteiger partial charge in [-0.15, -0.1) is 0 Å². The zero-order valence-electron chi connectivity index (χ0n) is 13.8. The topological polar surface area (TPSA) is 34.5 Å². The highest BCUT2D eigenvalue weighted by atomic mass is 16.5. The van der Waals surface area contributed by atoms with Crippen LogP contribution in [0.5, 0.6) is 0 Å². The van der Waals surface area contributed by atoms with Crippen LogP contribution in [0.4, 0.5) is 0 Å². The Morgan fingerprint density at radius 3 is 2.95 bits per heavy atom. The van der Waals surface area contributed by atoms with Crippen LogP contribution in [-0.4, -0.2) is 50.4 Å². The van der Waals surface area contributed by atoms with E-state index in [0.29, 0.717) is 12.6 Å². The minimum atomic E-state index is 0.163. The lowest BCUT2D eigenvalue weighted by molar-refractivity contribution is 0.101. The first-order chi connectivity index (χ1) is 10.5. The fraction of sp³-hybridized carbons (Fsp3) is 0.471. The molecule has 0 fully saturated rings. The van der Waals surface area contributed by atoms with E-state index in [0.717, 1.165) is 30.5 Å². The molecule has 0 radical (unpaired) electrons. The number of ether oxygens (including phenoxy) is 1. The number of hydrogen-bond donors (Lipinski definition) is 0. The van der Waals surface area contributed by atoms with Crippen LogP contribution in [0.2, 0.25) is 0 Å². The Kier molecular flexibility index (Phi) is 4.11. The normalized spacial score (nSPS) is 17.4. The van der Waals surface area contributed by atoms with Crippen molar-refractivity contribution in [2.24, 2.45) is 0 Å². The number of rotatable bonds is 5. The lowest BCUT2D eigenvalue weighted by Gasteiger charge is -2.24. The first-order valence-corrected chi connectivity index (χ1v) is 7.87. The molecule has 1 aliphatic heterocycles. The van der Waals surface area contributed by atoms with E-state index in [2.05, 4.69) is 42.6 Å². The molecule has 4 nitrogen and oxygen atoms in total. The summed E-state index contributed by atoms with van der Waals surface area (Å²) in [5, 5.41) is 1.10. The van der Waals surface area contributed by atoms with E-state index in [-0.39, 0.29) is 5.78 Å². The number of methoxy groups -OCH3 is 1. The van der Waals surface area contributed by atoms with Gasteiger partial charge in [0.15, 0.2) is 5.78 Å². The van der Waals surface area contributed by atoms with E-state index in [1.807, 2.05) is 0 Å². The second kappa shape index (κ2) is 5.90. The van der Waals surface area contributed by atoms with Crippen LogP contribution in [0.1, 0.15) is 35.4 Å². The van der Waals surface area contributed by atoms with Gasteiger partial charge < -0.3 is 9.30 Å². The molecule has 5 heteroatoms. The Hall–Kier alpha value is -1.59. The number of carbonyl (C=O) groups excluding carboxylic acids is 1. The lowest BCUT2D eigenvalue weighted by Crippen LogP contribution is -2.27. The summed E-state index contributed by atoms with van der Waals surface area (Å²) in [6.07, 6.45) is 1.06. The molecule has 0 N–H and O–H groups in total. The monoisotopic (exact) mass is 298 g/mol. The molecule has 1 aliphatic rings. The third kappa shape index (κ3) is 2.38. The molecule has 0 saturated carbocycles. The maximum absolute atomic E-state index is 12.3. The van der Waals surface area contributed by atoms with E-state index in [9.17, 15) is 4.79 Å². The molecular formula is C17H23BN2O2. The summed E-state index contributed by atoms with van der Waals surface area (Å²) in [5.41, 5.74) is 4.48. The quantitative estimate of drug-likeness (QED) is 0.613. The van der Waals surface area contributed by atoms with Gasteiger partial charge in [-0.1, -0.05) is 17.6 Å². The minimum Gasteiger partial charge on any atom is -0.383 e.